The Labute approximate surface area is 143 Å². The summed E-state index contributed by atoms with van der Waals surface area (Å²) in [5, 5.41) is 22.8. The Morgan fingerprint density at radius 1 is 1.22 bits per heavy atom. The molecule has 1 saturated carbocycles. The number of hydrogen-bond donors (Lipinski definition) is 1. The Balaban J connectivity index is 2.22. The molecule has 1 aliphatic heterocycles. The van der Waals surface area contributed by atoms with E-state index in [2.05, 4.69) is 24.4 Å². The summed E-state index contributed by atoms with van der Waals surface area (Å²) in [6.45, 7) is 2.18. The summed E-state index contributed by atoms with van der Waals surface area (Å²) in [7, 11) is 0. The van der Waals surface area contributed by atoms with Crippen LogP contribution in [0, 0.1) is 34.0 Å². The van der Waals surface area contributed by atoms with Crippen LogP contribution in [0.15, 0.2) is 10.6 Å². The van der Waals surface area contributed by atoms with Gasteiger partial charge in [-0.2, -0.15) is 10.5 Å². The van der Waals surface area contributed by atoms with Crippen molar-refractivity contribution in [1.82, 2.24) is 5.32 Å². The van der Waals surface area contributed by atoms with Crippen molar-refractivity contribution < 1.29 is 4.79 Å². The van der Waals surface area contributed by atoms with Crippen LogP contribution in [0.1, 0.15) is 64.7 Å². The molecular formula is C18H25N3OS. The molecule has 0 aromatic rings. The molecule has 0 aromatic heterocycles. The topological polar surface area (TPSA) is 76.7 Å². The molecule has 0 saturated heterocycles. The van der Waals surface area contributed by atoms with Crippen molar-refractivity contribution in [3.8, 4) is 12.1 Å². The largest absolute Gasteiger partial charge is 0.319 e. The van der Waals surface area contributed by atoms with Crippen molar-refractivity contribution in [1.29, 1.82) is 10.5 Å². The molecule has 4 nitrogen and oxygen atoms in total. The fourth-order valence-electron chi connectivity index (χ4n) is 3.74. The molecule has 5 heteroatoms. The first-order valence-corrected chi connectivity index (χ1v) is 9.66. The SMILES string of the molecule is CCCCCCSC1=C(C#N)C2(CCCCC2)[C@@H](C#N)C(=O)N1. The van der Waals surface area contributed by atoms with Crippen LogP contribution in [-0.4, -0.2) is 11.7 Å². The minimum atomic E-state index is -0.720. The van der Waals surface area contributed by atoms with E-state index >= 15 is 0 Å². The summed E-state index contributed by atoms with van der Waals surface area (Å²) < 4.78 is 0. The lowest BCUT2D eigenvalue weighted by molar-refractivity contribution is -0.126. The fraction of sp³-hybridized carbons (Fsp3) is 0.722. The third kappa shape index (κ3) is 3.72. The molecule has 1 heterocycles. The van der Waals surface area contributed by atoms with Crippen LogP contribution in [-0.2, 0) is 4.79 Å². The third-order valence-electron chi connectivity index (χ3n) is 5.01. The first kappa shape index (κ1) is 17.9. The number of nitrogens with one attached hydrogen (secondary N) is 1. The van der Waals surface area contributed by atoms with Gasteiger partial charge in [0.05, 0.1) is 22.7 Å². The van der Waals surface area contributed by atoms with Crippen LogP contribution in [0.2, 0.25) is 0 Å². The summed E-state index contributed by atoms with van der Waals surface area (Å²) in [4.78, 5) is 12.4. The highest BCUT2D eigenvalue weighted by Gasteiger charge is 2.51. The van der Waals surface area contributed by atoms with Crippen molar-refractivity contribution in [3.05, 3.63) is 10.6 Å². The lowest BCUT2D eigenvalue weighted by Gasteiger charge is -2.43. The summed E-state index contributed by atoms with van der Waals surface area (Å²) >= 11 is 1.58. The van der Waals surface area contributed by atoms with Crippen LogP contribution in [0.5, 0.6) is 0 Å². The van der Waals surface area contributed by atoms with Gasteiger partial charge in [0.1, 0.15) is 5.92 Å². The lowest BCUT2D eigenvalue weighted by atomic mass is 9.61. The molecule has 1 amide bonds. The van der Waals surface area contributed by atoms with E-state index in [1.165, 1.54) is 19.3 Å². The summed E-state index contributed by atoms with van der Waals surface area (Å²) in [5.74, 6) is -0.0278. The van der Waals surface area contributed by atoms with Crippen molar-refractivity contribution in [2.24, 2.45) is 11.3 Å². The van der Waals surface area contributed by atoms with Gasteiger partial charge in [-0.3, -0.25) is 4.79 Å². The lowest BCUT2D eigenvalue weighted by Crippen LogP contribution is -2.48. The van der Waals surface area contributed by atoms with Gasteiger partial charge >= 0.3 is 0 Å². The van der Waals surface area contributed by atoms with Crippen LogP contribution in [0.4, 0.5) is 0 Å². The van der Waals surface area contributed by atoms with E-state index in [-0.39, 0.29) is 5.91 Å². The number of carbonyl (C=O) groups excluding carboxylic acids is 1. The highest BCUT2D eigenvalue weighted by molar-refractivity contribution is 8.03. The minimum Gasteiger partial charge on any atom is -0.319 e. The van der Waals surface area contributed by atoms with Gasteiger partial charge in [0.15, 0.2) is 0 Å². The zero-order valence-electron chi connectivity index (χ0n) is 13.9. The van der Waals surface area contributed by atoms with Gasteiger partial charge in [-0.25, -0.2) is 0 Å². The molecule has 0 unspecified atom stereocenters. The monoisotopic (exact) mass is 331 g/mol. The Bertz CT molecular complexity index is 550. The molecule has 0 aromatic carbocycles. The van der Waals surface area contributed by atoms with E-state index in [4.69, 9.17) is 0 Å². The molecule has 1 aliphatic carbocycles. The number of nitriles is 2. The summed E-state index contributed by atoms with van der Waals surface area (Å²) in [6, 6.07) is 4.52. The Kier molecular flexibility index (Phi) is 6.54. The Morgan fingerprint density at radius 3 is 2.57 bits per heavy atom. The van der Waals surface area contributed by atoms with Gasteiger partial charge < -0.3 is 5.32 Å². The predicted octanol–water partition coefficient (Wildman–Crippen LogP) is 4.26. The van der Waals surface area contributed by atoms with E-state index in [1.807, 2.05) is 0 Å². The third-order valence-corrected chi connectivity index (χ3v) is 6.10. The number of carbonyl (C=O) groups is 1. The summed E-state index contributed by atoms with van der Waals surface area (Å²) in [5.41, 5.74) is 0.111. The van der Waals surface area contributed by atoms with Crippen molar-refractivity contribution in [2.75, 3.05) is 5.75 Å². The van der Waals surface area contributed by atoms with E-state index in [1.54, 1.807) is 11.8 Å². The number of amides is 1. The maximum absolute atomic E-state index is 12.4. The number of unbranched alkanes of at least 4 members (excludes halogenated alkanes) is 3. The fourth-order valence-corrected chi connectivity index (χ4v) is 4.86. The van der Waals surface area contributed by atoms with E-state index in [0.29, 0.717) is 10.6 Å². The average Bonchev–Trinajstić information content (AvgIpc) is 2.56. The molecule has 1 fully saturated rings. The Hall–Kier alpha value is -1.46. The number of nitrogens with zero attached hydrogens (tertiary/aromatic N) is 2. The predicted molar refractivity (Wildman–Crippen MR) is 92.0 cm³/mol. The summed E-state index contributed by atoms with van der Waals surface area (Å²) in [6.07, 6.45) is 9.35. The van der Waals surface area contributed by atoms with Gasteiger partial charge in [-0.15, -0.1) is 11.8 Å². The van der Waals surface area contributed by atoms with Gasteiger partial charge in [0.25, 0.3) is 0 Å². The molecule has 124 valence electrons. The molecule has 1 N–H and O–H groups in total. The number of thioether (sulfide) groups is 1. The normalized spacial score (nSPS) is 23.3. The molecule has 1 spiro atoms. The van der Waals surface area contributed by atoms with Crippen LogP contribution in [0.3, 0.4) is 0 Å². The maximum atomic E-state index is 12.4. The standard InChI is InChI=1S/C18H25N3OS/c1-2-3-4-8-11-23-17-15(13-20)18(9-6-5-7-10-18)14(12-19)16(22)21-17/h14H,2-11H2,1H3,(H,21,22)/t14-/m0/s1. The zero-order valence-corrected chi connectivity index (χ0v) is 14.7. The first-order valence-electron chi connectivity index (χ1n) is 8.67. The molecule has 2 rings (SSSR count). The second-order valence-electron chi connectivity index (χ2n) is 6.49. The minimum absolute atomic E-state index is 0.218. The molecule has 0 bridgehead atoms. The van der Waals surface area contributed by atoms with Crippen molar-refractivity contribution in [2.45, 2.75) is 64.7 Å². The number of allylic oxidation sites excluding steroid dienone is 1. The van der Waals surface area contributed by atoms with Gasteiger partial charge in [0.2, 0.25) is 5.91 Å². The van der Waals surface area contributed by atoms with Crippen LogP contribution < -0.4 is 5.32 Å². The number of rotatable bonds is 6. The Morgan fingerprint density at radius 2 is 1.96 bits per heavy atom. The molecule has 1 atom stereocenters. The highest BCUT2D eigenvalue weighted by atomic mass is 32.2. The highest BCUT2D eigenvalue weighted by Crippen LogP contribution is 2.51. The first-order chi connectivity index (χ1) is 11.2. The van der Waals surface area contributed by atoms with Gasteiger partial charge in [0, 0.05) is 5.41 Å². The van der Waals surface area contributed by atoms with Crippen LogP contribution in [0.25, 0.3) is 0 Å². The molecule has 2 aliphatic rings. The molecule has 23 heavy (non-hydrogen) atoms. The van der Waals surface area contributed by atoms with Crippen molar-refractivity contribution >= 4 is 17.7 Å². The van der Waals surface area contributed by atoms with E-state index < -0.39 is 11.3 Å². The van der Waals surface area contributed by atoms with Gasteiger partial charge in [-0.1, -0.05) is 45.4 Å². The van der Waals surface area contributed by atoms with Crippen molar-refractivity contribution in [3.63, 3.8) is 0 Å². The molecular weight excluding hydrogens is 306 g/mol. The zero-order chi connectivity index (χ0) is 16.7. The molecule has 0 radical (unpaired) electrons. The average molecular weight is 331 g/mol. The number of hydrogen-bond acceptors (Lipinski definition) is 4. The second kappa shape index (κ2) is 8.41. The van der Waals surface area contributed by atoms with Gasteiger partial charge in [-0.05, 0) is 25.0 Å². The van der Waals surface area contributed by atoms with E-state index in [0.717, 1.165) is 44.3 Å². The van der Waals surface area contributed by atoms with Crippen LogP contribution >= 0.6 is 11.8 Å². The second-order valence-corrected chi connectivity index (χ2v) is 7.60. The quantitative estimate of drug-likeness (QED) is 0.738. The maximum Gasteiger partial charge on any atom is 0.243 e. The van der Waals surface area contributed by atoms with E-state index in [9.17, 15) is 15.3 Å². The smallest absolute Gasteiger partial charge is 0.243 e.